The van der Waals surface area contributed by atoms with Crippen molar-refractivity contribution in [1.29, 1.82) is 0 Å². The fourth-order valence-electron chi connectivity index (χ4n) is 0.811. The first-order valence-corrected chi connectivity index (χ1v) is 4.54. The smallest absolute Gasteiger partial charge is 0.285 e. The summed E-state index contributed by atoms with van der Waals surface area (Å²) in [6, 6.07) is 3.42. The fourth-order valence-corrected chi connectivity index (χ4v) is 1.16. The second-order valence-electron chi connectivity index (χ2n) is 2.22. The lowest BCUT2D eigenvalue weighted by Crippen LogP contribution is -1.81. The molecule has 0 spiro atoms. The Bertz CT molecular complexity index is 414. The molecular formula is C7H3BrClN3O. The van der Waals surface area contributed by atoms with E-state index in [0.717, 1.165) is 0 Å². The van der Waals surface area contributed by atoms with E-state index in [1.165, 1.54) is 6.20 Å². The zero-order chi connectivity index (χ0) is 9.26. The molecular weight excluding hydrogens is 257 g/mol. The van der Waals surface area contributed by atoms with Crippen LogP contribution >= 0.6 is 27.5 Å². The Labute approximate surface area is 87.1 Å². The third kappa shape index (κ3) is 1.87. The van der Waals surface area contributed by atoms with Crippen molar-refractivity contribution in [1.82, 2.24) is 15.2 Å². The van der Waals surface area contributed by atoms with E-state index in [-0.39, 0.29) is 0 Å². The second-order valence-corrected chi connectivity index (χ2v) is 3.34. The van der Waals surface area contributed by atoms with Gasteiger partial charge in [0.25, 0.3) is 10.7 Å². The van der Waals surface area contributed by atoms with Crippen LogP contribution in [0.5, 0.6) is 0 Å². The zero-order valence-corrected chi connectivity index (χ0v) is 8.58. The van der Waals surface area contributed by atoms with Crippen molar-refractivity contribution in [3.05, 3.63) is 28.2 Å². The maximum atomic E-state index is 5.67. The largest absolute Gasteiger partial charge is 0.409 e. The first-order chi connectivity index (χ1) is 6.25. The van der Waals surface area contributed by atoms with Crippen LogP contribution in [0.25, 0.3) is 11.6 Å². The molecule has 0 aliphatic heterocycles. The van der Waals surface area contributed by atoms with Gasteiger partial charge in [0.15, 0.2) is 0 Å². The molecule has 2 aromatic heterocycles. The van der Waals surface area contributed by atoms with E-state index in [0.29, 0.717) is 21.4 Å². The average Bonchev–Trinajstić information content (AvgIpc) is 2.53. The number of hydrogen-bond acceptors (Lipinski definition) is 4. The molecule has 13 heavy (non-hydrogen) atoms. The highest BCUT2D eigenvalue weighted by atomic mass is 79.9. The molecule has 0 unspecified atom stereocenters. The number of nitrogens with zero attached hydrogens (tertiary/aromatic N) is 3. The molecule has 0 radical (unpaired) electrons. The lowest BCUT2D eigenvalue weighted by molar-refractivity contribution is 0.538. The van der Waals surface area contributed by atoms with Crippen molar-refractivity contribution in [2.75, 3.05) is 0 Å². The Hall–Kier alpha value is -0.940. The topological polar surface area (TPSA) is 51.8 Å². The highest BCUT2D eigenvalue weighted by molar-refractivity contribution is 9.10. The molecule has 0 atom stereocenters. The van der Waals surface area contributed by atoms with Gasteiger partial charge in [-0.15, -0.1) is 10.2 Å². The van der Waals surface area contributed by atoms with Crippen molar-refractivity contribution < 1.29 is 4.42 Å². The highest BCUT2D eigenvalue weighted by Gasteiger charge is 2.06. The van der Waals surface area contributed by atoms with Gasteiger partial charge >= 0.3 is 0 Å². The number of pyridine rings is 1. The van der Waals surface area contributed by atoms with Crippen LogP contribution in [0.4, 0.5) is 0 Å². The molecule has 0 saturated heterocycles. The monoisotopic (exact) mass is 259 g/mol. The summed E-state index contributed by atoms with van der Waals surface area (Å²) in [5.74, 6) is 0.364. The first-order valence-electron chi connectivity index (χ1n) is 3.36. The fraction of sp³-hybridized carbons (Fsp3) is 0. The van der Waals surface area contributed by atoms with E-state index in [2.05, 4.69) is 31.1 Å². The minimum Gasteiger partial charge on any atom is -0.409 e. The van der Waals surface area contributed by atoms with Gasteiger partial charge in [0.05, 0.1) is 5.02 Å². The summed E-state index contributed by atoms with van der Waals surface area (Å²) in [5.41, 5.74) is 0.600. The number of rotatable bonds is 1. The molecule has 2 aromatic rings. The molecule has 0 N–H and O–H groups in total. The second kappa shape index (κ2) is 3.43. The quantitative estimate of drug-likeness (QED) is 0.790. The van der Waals surface area contributed by atoms with Gasteiger partial charge in [-0.3, -0.25) is 0 Å². The Kier molecular flexibility index (Phi) is 2.28. The Morgan fingerprint density at radius 1 is 1.31 bits per heavy atom. The van der Waals surface area contributed by atoms with Crippen LogP contribution in [0.3, 0.4) is 0 Å². The average molecular weight is 260 g/mol. The Morgan fingerprint density at radius 3 is 2.69 bits per heavy atom. The normalized spacial score (nSPS) is 10.3. The minimum absolute atomic E-state index is 0.333. The van der Waals surface area contributed by atoms with Crippen LogP contribution in [0.1, 0.15) is 0 Å². The van der Waals surface area contributed by atoms with Gasteiger partial charge in [-0.2, -0.15) is 0 Å². The van der Waals surface area contributed by atoms with Crippen molar-refractivity contribution >= 4 is 27.5 Å². The molecule has 0 fully saturated rings. The van der Waals surface area contributed by atoms with Crippen molar-refractivity contribution in [2.24, 2.45) is 0 Å². The van der Waals surface area contributed by atoms with Crippen molar-refractivity contribution in [3.63, 3.8) is 0 Å². The van der Waals surface area contributed by atoms with Gasteiger partial charge in [0.2, 0.25) is 0 Å². The molecule has 0 aliphatic rings. The molecule has 0 bridgehead atoms. The van der Waals surface area contributed by atoms with Crippen LogP contribution in [0.15, 0.2) is 27.5 Å². The van der Waals surface area contributed by atoms with E-state index in [1.807, 2.05) is 0 Å². The van der Waals surface area contributed by atoms with Crippen LogP contribution in [-0.2, 0) is 0 Å². The van der Waals surface area contributed by atoms with Crippen LogP contribution in [0, 0.1) is 0 Å². The lowest BCUT2D eigenvalue weighted by atomic mass is 10.3. The van der Waals surface area contributed by atoms with Crippen LogP contribution in [0.2, 0.25) is 5.02 Å². The zero-order valence-electron chi connectivity index (χ0n) is 6.24. The first kappa shape index (κ1) is 8.65. The molecule has 2 rings (SSSR count). The van der Waals surface area contributed by atoms with E-state index >= 15 is 0 Å². The SMILES string of the molecule is Clc1ccc(-c2nnc(Br)o2)nc1. The van der Waals surface area contributed by atoms with Crippen LogP contribution < -0.4 is 0 Å². The maximum Gasteiger partial charge on any atom is 0.285 e. The van der Waals surface area contributed by atoms with Crippen molar-refractivity contribution in [3.8, 4) is 11.6 Å². The Morgan fingerprint density at radius 2 is 2.15 bits per heavy atom. The summed E-state index contributed by atoms with van der Waals surface area (Å²) >= 11 is 8.72. The van der Waals surface area contributed by atoms with E-state index < -0.39 is 0 Å². The van der Waals surface area contributed by atoms with Crippen molar-refractivity contribution in [2.45, 2.75) is 0 Å². The summed E-state index contributed by atoms with van der Waals surface area (Å²) in [7, 11) is 0. The predicted octanol–water partition coefficient (Wildman–Crippen LogP) is 2.55. The van der Waals surface area contributed by atoms with Gasteiger partial charge in [0.1, 0.15) is 5.69 Å². The van der Waals surface area contributed by atoms with Crippen LogP contribution in [-0.4, -0.2) is 15.2 Å². The predicted molar refractivity (Wildman–Crippen MR) is 50.2 cm³/mol. The van der Waals surface area contributed by atoms with Gasteiger partial charge in [-0.05, 0) is 12.1 Å². The molecule has 0 aliphatic carbocycles. The Balaban J connectivity index is 2.41. The molecule has 0 amide bonds. The van der Waals surface area contributed by atoms with Gasteiger partial charge in [-0.25, -0.2) is 4.98 Å². The number of halogens is 2. The van der Waals surface area contributed by atoms with Gasteiger partial charge in [-0.1, -0.05) is 11.6 Å². The summed E-state index contributed by atoms with van der Waals surface area (Å²) in [4.78, 5) is 4.35. The van der Waals surface area contributed by atoms with Gasteiger partial charge in [0, 0.05) is 22.1 Å². The molecule has 0 saturated carbocycles. The highest BCUT2D eigenvalue weighted by Crippen LogP contribution is 2.18. The summed E-state index contributed by atoms with van der Waals surface area (Å²) < 4.78 is 5.10. The maximum absolute atomic E-state index is 5.67. The van der Waals surface area contributed by atoms with E-state index in [9.17, 15) is 0 Å². The standard InChI is InChI=1S/C7H3BrClN3O/c8-7-12-11-6(13-7)5-2-1-4(9)3-10-5/h1-3H. The molecule has 66 valence electrons. The molecule has 6 heteroatoms. The minimum atomic E-state index is 0.333. The molecule has 4 nitrogen and oxygen atoms in total. The van der Waals surface area contributed by atoms with E-state index in [4.69, 9.17) is 16.0 Å². The van der Waals surface area contributed by atoms with E-state index in [1.54, 1.807) is 12.1 Å². The molecule has 2 heterocycles. The number of hydrogen-bond donors (Lipinski definition) is 0. The summed E-state index contributed by atoms with van der Waals surface area (Å²) in [6.45, 7) is 0. The van der Waals surface area contributed by atoms with Gasteiger partial charge < -0.3 is 4.42 Å². The third-order valence-electron chi connectivity index (χ3n) is 1.35. The summed E-state index contributed by atoms with van der Waals surface area (Å²) in [6.07, 6.45) is 1.52. The summed E-state index contributed by atoms with van der Waals surface area (Å²) in [5, 5.41) is 7.96. The third-order valence-corrected chi connectivity index (χ3v) is 1.89. The number of aromatic nitrogens is 3. The lowest BCUT2D eigenvalue weighted by Gasteiger charge is -1.92. The molecule has 0 aromatic carbocycles.